The van der Waals surface area contributed by atoms with Crippen LogP contribution in [-0.2, 0) is 11.8 Å². The van der Waals surface area contributed by atoms with Crippen LogP contribution in [0, 0.1) is 18.8 Å². The molecule has 0 spiro atoms. The SMILES string of the molecule is Cc1c(C2C(C(=O)c3ccccc3)CN(CC(=O)N(C)C)CC2C(=O)c2ccccc2)cnn1C. The van der Waals surface area contributed by atoms with Crippen molar-refractivity contribution in [3.8, 4) is 0 Å². The van der Waals surface area contributed by atoms with E-state index in [1.54, 1.807) is 29.9 Å². The van der Waals surface area contributed by atoms with Crippen LogP contribution >= 0.6 is 0 Å². The summed E-state index contributed by atoms with van der Waals surface area (Å²) >= 11 is 0. The summed E-state index contributed by atoms with van der Waals surface area (Å²) in [6.07, 6.45) is 1.79. The van der Waals surface area contributed by atoms with Gasteiger partial charge in [0.2, 0.25) is 5.91 Å². The van der Waals surface area contributed by atoms with E-state index in [0.29, 0.717) is 24.2 Å². The lowest BCUT2D eigenvalue weighted by Gasteiger charge is -2.42. The van der Waals surface area contributed by atoms with Crippen molar-refractivity contribution < 1.29 is 14.4 Å². The van der Waals surface area contributed by atoms with Gasteiger partial charge >= 0.3 is 0 Å². The number of piperidine rings is 1. The fourth-order valence-corrected chi connectivity index (χ4v) is 5.00. The third-order valence-corrected chi connectivity index (χ3v) is 7.06. The van der Waals surface area contributed by atoms with Crippen LogP contribution in [0.1, 0.15) is 37.9 Å². The van der Waals surface area contributed by atoms with Crippen molar-refractivity contribution in [1.82, 2.24) is 19.6 Å². The van der Waals surface area contributed by atoms with Crippen molar-refractivity contribution >= 4 is 17.5 Å². The molecule has 1 aliphatic rings. The number of aromatic nitrogens is 2. The molecule has 2 heterocycles. The van der Waals surface area contributed by atoms with Gasteiger partial charge in [-0.1, -0.05) is 60.7 Å². The van der Waals surface area contributed by atoms with E-state index >= 15 is 0 Å². The van der Waals surface area contributed by atoms with E-state index in [1.165, 1.54) is 0 Å². The first-order valence-corrected chi connectivity index (χ1v) is 11.9. The van der Waals surface area contributed by atoms with Gasteiger partial charge in [-0.3, -0.25) is 24.0 Å². The summed E-state index contributed by atoms with van der Waals surface area (Å²) in [5, 5.41) is 4.43. The predicted octanol–water partition coefficient (Wildman–Crippen LogP) is 3.21. The molecule has 1 aromatic heterocycles. The largest absolute Gasteiger partial charge is 0.348 e. The lowest BCUT2D eigenvalue weighted by Crippen LogP contribution is -2.52. The van der Waals surface area contributed by atoms with Crippen LogP contribution in [0.3, 0.4) is 0 Å². The first-order chi connectivity index (χ1) is 16.8. The van der Waals surface area contributed by atoms with Gasteiger partial charge in [-0.15, -0.1) is 0 Å². The van der Waals surface area contributed by atoms with Gasteiger partial charge < -0.3 is 4.90 Å². The molecule has 7 heteroatoms. The third-order valence-electron chi connectivity index (χ3n) is 7.06. The van der Waals surface area contributed by atoms with Gasteiger partial charge in [0.1, 0.15) is 0 Å². The van der Waals surface area contributed by atoms with E-state index in [-0.39, 0.29) is 29.9 Å². The Hall–Kier alpha value is -3.58. The van der Waals surface area contributed by atoms with E-state index in [1.807, 2.05) is 79.5 Å². The maximum absolute atomic E-state index is 13.9. The molecular formula is C28H32N4O3. The molecule has 1 saturated heterocycles. The fraction of sp³-hybridized carbons (Fsp3) is 0.357. The lowest BCUT2D eigenvalue weighted by molar-refractivity contribution is -0.130. The Morgan fingerprint density at radius 1 is 0.886 bits per heavy atom. The number of nitrogens with zero attached hydrogens (tertiary/aromatic N) is 4. The molecule has 2 aromatic carbocycles. The molecular weight excluding hydrogens is 440 g/mol. The first-order valence-electron chi connectivity index (χ1n) is 11.9. The monoisotopic (exact) mass is 472 g/mol. The highest BCUT2D eigenvalue weighted by Crippen LogP contribution is 2.41. The van der Waals surface area contributed by atoms with Gasteiger partial charge in [-0.05, 0) is 12.5 Å². The zero-order valence-electron chi connectivity index (χ0n) is 20.7. The summed E-state index contributed by atoms with van der Waals surface area (Å²) in [6, 6.07) is 18.4. The summed E-state index contributed by atoms with van der Waals surface area (Å²) in [4.78, 5) is 43.9. The maximum atomic E-state index is 13.9. The minimum absolute atomic E-state index is 0.0216. The van der Waals surface area contributed by atoms with Crippen LogP contribution in [0.4, 0.5) is 0 Å². The number of hydrogen-bond acceptors (Lipinski definition) is 5. The molecule has 3 aromatic rings. The zero-order chi connectivity index (χ0) is 25.1. The normalized spacial score (nSPS) is 20.4. The van der Waals surface area contributed by atoms with E-state index in [4.69, 9.17) is 0 Å². The summed E-state index contributed by atoms with van der Waals surface area (Å²) < 4.78 is 1.78. The van der Waals surface area contributed by atoms with Crippen LogP contribution in [0.2, 0.25) is 0 Å². The molecule has 0 saturated carbocycles. The molecule has 1 amide bonds. The van der Waals surface area contributed by atoms with Crippen molar-refractivity contribution in [1.29, 1.82) is 0 Å². The second-order valence-electron chi connectivity index (χ2n) is 9.49. The molecule has 4 rings (SSSR count). The Bertz CT molecular complexity index is 1140. The summed E-state index contributed by atoms with van der Waals surface area (Å²) in [6.45, 7) is 2.91. The molecule has 0 aliphatic carbocycles. The van der Waals surface area contributed by atoms with Crippen molar-refractivity contribution in [3.63, 3.8) is 0 Å². The number of benzene rings is 2. The molecule has 35 heavy (non-hydrogen) atoms. The zero-order valence-corrected chi connectivity index (χ0v) is 20.7. The first kappa shape index (κ1) is 24.5. The highest BCUT2D eigenvalue weighted by atomic mass is 16.2. The van der Waals surface area contributed by atoms with Gasteiger partial charge in [-0.25, -0.2) is 0 Å². The van der Waals surface area contributed by atoms with Gasteiger partial charge in [0.15, 0.2) is 11.6 Å². The van der Waals surface area contributed by atoms with Crippen molar-refractivity contribution in [3.05, 3.63) is 89.2 Å². The molecule has 2 atom stereocenters. The average molecular weight is 473 g/mol. The Labute approximate surface area is 206 Å². The van der Waals surface area contributed by atoms with Gasteiger partial charge in [-0.2, -0.15) is 5.10 Å². The molecule has 0 radical (unpaired) electrons. The average Bonchev–Trinajstić information content (AvgIpc) is 3.21. The molecule has 2 unspecified atom stereocenters. The van der Waals surface area contributed by atoms with Crippen molar-refractivity contribution in [2.75, 3.05) is 33.7 Å². The topological polar surface area (TPSA) is 75.5 Å². The highest BCUT2D eigenvalue weighted by Gasteiger charge is 2.46. The number of ketones is 2. The Morgan fingerprint density at radius 3 is 1.77 bits per heavy atom. The van der Waals surface area contributed by atoms with Crippen LogP contribution in [-0.4, -0.2) is 70.8 Å². The van der Waals surface area contributed by atoms with Crippen molar-refractivity contribution in [2.45, 2.75) is 12.8 Å². The number of aryl methyl sites for hydroxylation is 1. The molecule has 1 fully saturated rings. The molecule has 7 nitrogen and oxygen atoms in total. The second kappa shape index (κ2) is 10.4. The summed E-state index contributed by atoms with van der Waals surface area (Å²) in [5.41, 5.74) is 3.06. The van der Waals surface area contributed by atoms with Gasteiger partial charge in [0.05, 0.1) is 12.7 Å². The molecule has 0 bridgehead atoms. The second-order valence-corrected chi connectivity index (χ2v) is 9.49. The molecule has 0 N–H and O–H groups in total. The number of likely N-dealkylation sites (tertiary alicyclic amines) is 1. The number of carbonyl (C=O) groups excluding carboxylic acids is 3. The summed E-state index contributed by atoms with van der Waals surface area (Å²) in [7, 11) is 5.30. The molecule has 1 aliphatic heterocycles. The van der Waals surface area contributed by atoms with Gasteiger partial charge in [0.25, 0.3) is 0 Å². The Morgan fingerprint density at radius 2 is 1.37 bits per heavy atom. The van der Waals surface area contributed by atoms with Crippen LogP contribution in [0.25, 0.3) is 0 Å². The third kappa shape index (κ3) is 5.10. The van der Waals surface area contributed by atoms with Gasteiger partial charge in [0, 0.05) is 68.8 Å². The standard InChI is InChI=1S/C28H32N4O3/c1-19-22(15-29-31(19)4)26-23(27(34)20-11-7-5-8-12-20)16-32(18-25(33)30(2)3)17-24(26)28(35)21-13-9-6-10-14-21/h5-15,23-24,26H,16-18H2,1-4H3. The van der Waals surface area contributed by atoms with Crippen LogP contribution in [0.5, 0.6) is 0 Å². The minimum Gasteiger partial charge on any atom is -0.348 e. The van der Waals surface area contributed by atoms with Crippen molar-refractivity contribution in [2.24, 2.45) is 18.9 Å². The van der Waals surface area contributed by atoms with Crippen LogP contribution < -0.4 is 0 Å². The number of likely N-dealkylation sites (N-methyl/N-ethyl adjacent to an activating group) is 1. The quantitative estimate of drug-likeness (QED) is 0.494. The minimum atomic E-state index is -0.498. The van der Waals surface area contributed by atoms with E-state index in [0.717, 1.165) is 11.3 Å². The lowest BCUT2D eigenvalue weighted by atomic mass is 9.68. The number of amides is 1. The van der Waals surface area contributed by atoms with E-state index in [9.17, 15) is 14.4 Å². The number of Topliss-reactive ketones (excluding diaryl/α,β-unsaturated/α-hetero) is 2. The Kier molecular flexibility index (Phi) is 7.26. The summed E-state index contributed by atoms with van der Waals surface area (Å²) in [5.74, 6) is -1.45. The smallest absolute Gasteiger partial charge is 0.236 e. The van der Waals surface area contributed by atoms with E-state index < -0.39 is 11.8 Å². The highest BCUT2D eigenvalue weighted by molar-refractivity contribution is 6.02. The Balaban J connectivity index is 1.82. The predicted molar refractivity (Wildman–Crippen MR) is 134 cm³/mol. The number of hydrogen-bond donors (Lipinski definition) is 0. The van der Waals surface area contributed by atoms with Crippen LogP contribution in [0.15, 0.2) is 66.9 Å². The fourth-order valence-electron chi connectivity index (χ4n) is 5.00. The number of rotatable bonds is 7. The molecule has 182 valence electrons. The number of carbonyl (C=O) groups is 3. The van der Waals surface area contributed by atoms with E-state index in [2.05, 4.69) is 5.10 Å². The maximum Gasteiger partial charge on any atom is 0.236 e.